The highest BCUT2D eigenvalue weighted by atomic mass is 16.2. The molecule has 0 radical (unpaired) electrons. The maximum absolute atomic E-state index is 12.3. The second-order valence-electron chi connectivity index (χ2n) is 5.42. The molecule has 0 aliphatic heterocycles. The van der Waals surface area contributed by atoms with Gasteiger partial charge in [-0.15, -0.1) is 0 Å². The van der Waals surface area contributed by atoms with Crippen LogP contribution < -0.4 is 11.1 Å². The van der Waals surface area contributed by atoms with Crippen LogP contribution in [0.1, 0.15) is 56.4 Å². The molecule has 19 heavy (non-hydrogen) atoms. The standard InChI is InChI=1S/C14H24N4O/c1-3-18-13(12(15)9-16-18)14(19)17-10(2)11-7-5-4-6-8-11/h9-11H,3-8,15H2,1-2H3,(H,17,19). The molecule has 5 nitrogen and oxygen atoms in total. The van der Waals surface area contributed by atoms with E-state index in [0.29, 0.717) is 23.8 Å². The average molecular weight is 264 g/mol. The van der Waals surface area contributed by atoms with Crippen molar-refractivity contribution in [2.24, 2.45) is 5.92 Å². The van der Waals surface area contributed by atoms with Crippen LogP contribution in [0.4, 0.5) is 5.69 Å². The van der Waals surface area contributed by atoms with Crippen LogP contribution in [0, 0.1) is 5.92 Å². The molecule has 1 unspecified atom stereocenters. The smallest absolute Gasteiger partial charge is 0.271 e. The summed E-state index contributed by atoms with van der Waals surface area (Å²) in [7, 11) is 0. The summed E-state index contributed by atoms with van der Waals surface area (Å²) in [5.41, 5.74) is 6.77. The number of nitrogen functional groups attached to an aromatic ring is 1. The van der Waals surface area contributed by atoms with Crippen LogP contribution in [-0.2, 0) is 6.54 Å². The van der Waals surface area contributed by atoms with Crippen molar-refractivity contribution in [3.8, 4) is 0 Å². The summed E-state index contributed by atoms with van der Waals surface area (Å²) in [6.07, 6.45) is 7.85. The van der Waals surface area contributed by atoms with Gasteiger partial charge in [-0.05, 0) is 32.6 Å². The summed E-state index contributed by atoms with van der Waals surface area (Å²) in [6.45, 7) is 4.70. The molecule has 0 saturated heterocycles. The molecule has 106 valence electrons. The van der Waals surface area contributed by atoms with E-state index in [9.17, 15) is 4.79 Å². The van der Waals surface area contributed by atoms with Gasteiger partial charge in [-0.3, -0.25) is 9.48 Å². The third-order valence-electron chi connectivity index (χ3n) is 4.10. The SMILES string of the molecule is CCn1ncc(N)c1C(=O)NC(C)C1CCCCC1. The topological polar surface area (TPSA) is 72.9 Å². The largest absolute Gasteiger partial charge is 0.396 e. The van der Waals surface area contributed by atoms with Crippen molar-refractivity contribution in [2.75, 3.05) is 5.73 Å². The van der Waals surface area contributed by atoms with Crippen molar-refractivity contribution in [1.29, 1.82) is 0 Å². The highest BCUT2D eigenvalue weighted by molar-refractivity contribution is 5.97. The predicted molar refractivity (Wildman–Crippen MR) is 75.8 cm³/mol. The van der Waals surface area contributed by atoms with Gasteiger partial charge in [-0.2, -0.15) is 5.10 Å². The zero-order valence-electron chi connectivity index (χ0n) is 11.9. The maximum Gasteiger partial charge on any atom is 0.271 e. The molecule has 1 aliphatic carbocycles. The van der Waals surface area contributed by atoms with Crippen molar-refractivity contribution in [3.05, 3.63) is 11.9 Å². The van der Waals surface area contributed by atoms with E-state index in [2.05, 4.69) is 17.3 Å². The predicted octanol–water partition coefficient (Wildman–Crippen LogP) is 2.18. The minimum Gasteiger partial charge on any atom is -0.396 e. The molecular formula is C14H24N4O. The molecule has 3 N–H and O–H groups in total. The van der Waals surface area contributed by atoms with Crippen molar-refractivity contribution in [1.82, 2.24) is 15.1 Å². The highest BCUT2D eigenvalue weighted by Gasteiger charge is 2.24. The molecule has 0 bridgehead atoms. The molecule has 1 amide bonds. The van der Waals surface area contributed by atoms with E-state index in [0.717, 1.165) is 0 Å². The van der Waals surface area contributed by atoms with Gasteiger partial charge in [0.15, 0.2) is 0 Å². The van der Waals surface area contributed by atoms with Crippen LogP contribution in [0.5, 0.6) is 0 Å². The first-order chi connectivity index (χ1) is 9.13. The second-order valence-corrected chi connectivity index (χ2v) is 5.42. The summed E-state index contributed by atoms with van der Waals surface area (Å²) < 4.78 is 1.65. The molecule has 1 fully saturated rings. The normalized spacial score (nSPS) is 18.2. The summed E-state index contributed by atoms with van der Waals surface area (Å²) >= 11 is 0. The van der Waals surface area contributed by atoms with Crippen molar-refractivity contribution in [2.45, 2.75) is 58.5 Å². The lowest BCUT2D eigenvalue weighted by molar-refractivity contribution is 0.0909. The number of hydrogen-bond acceptors (Lipinski definition) is 3. The van der Waals surface area contributed by atoms with Gasteiger partial charge in [0.2, 0.25) is 0 Å². The first kappa shape index (κ1) is 13.9. The van der Waals surface area contributed by atoms with Gasteiger partial charge in [0.1, 0.15) is 5.69 Å². The molecule has 0 spiro atoms. The monoisotopic (exact) mass is 264 g/mol. The van der Waals surface area contributed by atoms with E-state index in [1.54, 1.807) is 10.9 Å². The Morgan fingerprint density at radius 3 is 2.84 bits per heavy atom. The minimum atomic E-state index is -0.102. The first-order valence-electron chi connectivity index (χ1n) is 7.25. The van der Waals surface area contributed by atoms with E-state index in [1.165, 1.54) is 32.1 Å². The van der Waals surface area contributed by atoms with Gasteiger partial charge in [0.05, 0.1) is 11.9 Å². The lowest BCUT2D eigenvalue weighted by Gasteiger charge is -2.28. The summed E-state index contributed by atoms with van der Waals surface area (Å²) in [4.78, 5) is 12.3. The zero-order valence-corrected chi connectivity index (χ0v) is 11.9. The van der Waals surface area contributed by atoms with Crippen molar-refractivity contribution in [3.63, 3.8) is 0 Å². The Labute approximate surface area is 114 Å². The van der Waals surface area contributed by atoms with Crippen LogP contribution in [0.3, 0.4) is 0 Å². The Balaban J connectivity index is 2.01. The first-order valence-corrected chi connectivity index (χ1v) is 7.25. The molecule has 1 heterocycles. The number of hydrogen-bond donors (Lipinski definition) is 2. The fourth-order valence-corrected chi connectivity index (χ4v) is 2.92. The Kier molecular flexibility index (Phi) is 4.45. The number of aryl methyl sites for hydroxylation is 1. The number of aromatic nitrogens is 2. The van der Waals surface area contributed by atoms with Crippen LogP contribution in [0.15, 0.2) is 6.20 Å². The minimum absolute atomic E-state index is 0.102. The quantitative estimate of drug-likeness (QED) is 0.875. The van der Waals surface area contributed by atoms with Gasteiger partial charge in [0.25, 0.3) is 5.91 Å². The number of nitrogens with two attached hydrogens (primary N) is 1. The third-order valence-corrected chi connectivity index (χ3v) is 4.10. The van der Waals surface area contributed by atoms with Gasteiger partial charge in [0, 0.05) is 12.6 Å². The average Bonchev–Trinajstić information content (AvgIpc) is 2.80. The van der Waals surface area contributed by atoms with Gasteiger partial charge < -0.3 is 11.1 Å². The fourth-order valence-electron chi connectivity index (χ4n) is 2.92. The second kappa shape index (κ2) is 6.08. The van der Waals surface area contributed by atoms with Gasteiger partial charge in [-0.25, -0.2) is 0 Å². The lowest BCUT2D eigenvalue weighted by Crippen LogP contribution is -2.40. The molecule has 1 aromatic heterocycles. The number of amides is 1. The molecule has 1 atom stereocenters. The molecule has 5 heteroatoms. The number of anilines is 1. The van der Waals surface area contributed by atoms with Gasteiger partial charge >= 0.3 is 0 Å². The van der Waals surface area contributed by atoms with Crippen molar-refractivity contribution < 1.29 is 4.79 Å². The fraction of sp³-hybridized carbons (Fsp3) is 0.714. The Bertz CT molecular complexity index is 435. The zero-order chi connectivity index (χ0) is 13.8. The van der Waals surface area contributed by atoms with Crippen LogP contribution >= 0.6 is 0 Å². The lowest BCUT2D eigenvalue weighted by atomic mass is 9.84. The third kappa shape index (κ3) is 3.08. The van der Waals surface area contributed by atoms with Crippen LogP contribution in [0.25, 0.3) is 0 Å². The Hall–Kier alpha value is -1.52. The number of nitrogens with one attached hydrogen (secondary N) is 1. The molecular weight excluding hydrogens is 240 g/mol. The van der Waals surface area contributed by atoms with Crippen molar-refractivity contribution >= 4 is 11.6 Å². The van der Waals surface area contributed by atoms with E-state index in [4.69, 9.17) is 5.73 Å². The van der Waals surface area contributed by atoms with Gasteiger partial charge in [-0.1, -0.05) is 19.3 Å². The van der Waals surface area contributed by atoms with E-state index >= 15 is 0 Å². The van der Waals surface area contributed by atoms with E-state index < -0.39 is 0 Å². The van der Waals surface area contributed by atoms with Crippen LogP contribution in [0.2, 0.25) is 0 Å². The molecule has 0 aromatic carbocycles. The summed E-state index contributed by atoms with van der Waals surface area (Å²) in [5.74, 6) is 0.492. The van der Waals surface area contributed by atoms with E-state index in [-0.39, 0.29) is 11.9 Å². The van der Waals surface area contributed by atoms with E-state index in [1.807, 2.05) is 6.92 Å². The molecule has 1 aromatic rings. The molecule has 1 aliphatic rings. The maximum atomic E-state index is 12.3. The number of carbonyl (C=O) groups is 1. The highest BCUT2D eigenvalue weighted by Crippen LogP contribution is 2.26. The Morgan fingerprint density at radius 1 is 1.53 bits per heavy atom. The molecule has 1 saturated carbocycles. The summed E-state index contributed by atoms with van der Waals surface area (Å²) in [6, 6.07) is 0.201. The number of rotatable bonds is 4. The number of carbonyl (C=O) groups excluding carboxylic acids is 1. The summed E-state index contributed by atoms with van der Waals surface area (Å²) in [5, 5.41) is 7.19. The Morgan fingerprint density at radius 2 is 2.21 bits per heavy atom. The number of nitrogens with zero attached hydrogens (tertiary/aromatic N) is 2. The van der Waals surface area contributed by atoms with Crippen LogP contribution in [-0.4, -0.2) is 21.7 Å². The molecule has 2 rings (SSSR count).